The Balaban J connectivity index is 2.17. The van der Waals surface area contributed by atoms with Gasteiger partial charge in [0.15, 0.2) is 0 Å². The number of nitrogens with zero attached hydrogens (tertiary/aromatic N) is 1. The van der Waals surface area contributed by atoms with Crippen molar-refractivity contribution in [2.24, 2.45) is 0 Å². The van der Waals surface area contributed by atoms with Gasteiger partial charge in [0.1, 0.15) is 0 Å². The van der Waals surface area contributed by atoms with E-state index in [1.165, 1.54) is 11.1 Å². The Morgan fingerprint density at radius 2 is 2.17 bits per heavy atom. The Morgan fingerprint density at radius 3 is 2.78 bits per heavy atom. The van der Waals surface area contributed by atoms with Crippen LogP contribution >= 0.6 is 0 Å². The van der Waals surface area contributed by atoms with Gasteiger partial charge in [0.2, 0.25) is 5.91 Å². The highest BCUT2D eigenvalue weighted by Gasteiger charge is 2.29. The van der Waals surface area contributed by atoms with E-state index in [0.29, 0.717) is 12.5 Å². The second kappa shape index (κ2) is 5.42. The molecule has 0 aromatic heterocycles. The van der Waals surface area contributed by atoms with Crippen molar-refractivity contribution in [1.82, 2.24) is 4.90 Å². The molecule has 1 amide bonds. The molecule has 0 saturated heterocycles. The van der Waals surface area contributed by atoms with Gasteiger partial charge in [-0.1, -0.05) is 26.0 Å². The number of hydrogen-bond donors (Lipinski definition) is 1. The molecule has 0 heterocycles. The van der Waals surface area contributed by atoms with E-state index in [1.807, 2.05) is 24.0 Å². The Morgan fingerprint density at radius 1 is 1.39 bits per heavy atom. The van der Waals surface area contributed by atoms with Crippen LogP contribution in [0.2, 0.25) is 0 Å². The van der Waals surface area contributed by atoms with Gasteiger partial charge in [-0.3, -0.25) is 4.79 Å². The maximum absolute atomic E-state index is 12.0. The van der Waals surface area contributed by atoms with Crippen LogP contribution in [0.4, 0.5) is 5.69 Å². The van der Waals surface area contributed by atoms with Crippen molar-refractivity contribution in [2.45, 2.75) is 45.6 Å². The normalized spacial score (nSPS) is 17.6. The van der Waals surface area contributed by atoms with E-state index in [4.69, 9.17) is 5.73 Å². The van der Waals surface area contributed by atoms with Crippen molar-refractivity contribution in [3.63, 3.8) is 0 Å². The molecule has 0 spiro atoms. The van der Waals surface area contributed by atoms with E-state index in [1.54, 1.807) is 0 Å². The van der Waals surface area contributed by atoms with Gasteiger partial charge < -0.3 is 10.6 Å². The van der Waals surface area contributed by atoms with Crippen molar-refractivity contribution < 1.29 is 4.79 Å². The maximum Gasteiger partial charge on any atom is 0.222 e. The molecule has 0 aliphatic heterocycles. The first-order chi connectivity index (χ1) is 8.67. The lowest BCUT2D eigenvalue weighted by atomic mass is 10.1. The van der Waals surface area contributed by atoms with Gasteiger partial charge in [0.25, 0.3) is 0 Å². The summed E-state index contributed by atoms with van der Waals surface area (Å²) in [6, 6.07) is 6.39. The van der Waals surface area contributed by atoms with Crippen LogP contribution in [0.15, 0.2) is 18.2 Å². The van der Waals surface area contributed by atoms with E-state index >= 15 is 0 Å². The third-order valence-corrected chi connectivity index (χ3v) is 3.73. The Kier molecular flexibility index (Phi) is 3.90. The van der Waals surface area contributed by atoms with Gasteiger partial charge in [0.05, 0.1) is 0 Å². The van der Waals surface area contributed by atoms with Crippen LogP contribution in [0.5, 0.6) is 0 Å². The van der Waals surface area contributed by atoms with Crippen LogP contribution in [0.25, 0.3) is 0 Å². The highest BCUT2D eigenvalue weighted by Crippen LogP contribution is 2.30. The van der Waals surface area contributed by atoms with Crippen molar-refractivity contribution in [3.8, 4) is 0 Å². The average Bonchev–Trinajstić information content (AvgIpc) is 2.80. The number of nitrogens with two attached hydrogens (primary N) is 1. The standard InChI is InChI=1S/C15H22N2O/c1-3-8-17(15(18)4-2)12-9-11-6-5-7-14(16)13(11)10-12/h5-7,12H,3-4,8-10,16H2,1-2H3. The molecule has 98 valence electrons. The molecular weight excluding hydrogens is 224 g/mol. The SMILES string of the molecule is CCCN(C(=O)CC)C1Cc2cccc(N)c2C1. The summed E-state index contributed by atoms with van der Waals surface area (Å²) < 4.78 is 0. The second-order valence-electron chi connectivity index (χ2n) is 4.99. The fourth-order valence-corrected chi connectivity index (χ4v) is 2.83. The van der Waals surface area contributed by atoms with Crippen molar-refractivity contribution in [3.05, 3.63) is 29.3 Å². The van der Waals surface area contributed by atoms with Crippen LogP contribution in [-0.4, -0.2) is 23.4 Å². The third kappa shape index (κ3) is 2.35. The lowest BCUT2D eigenvalue weighted by Crippen LogP contribution is -2.41. The molecule has 3 heteroatoms. The van der Waals surface area contributed by atoms with Gasteiger partial charge in [-0.25, -0.2) is 0 Å². The van der Waals surface area contributed by atoms with E-state index in [0.717, 1.165) is 31.5 Å². The van der Waals surface area contributed by atoms with Crippen LogP contribution in [-0.2, 0) is 17.6 Å². The van der Waals surface area contributed by atoms with Crippen LogP contribution < -0.4 is 5.73 Å². The van der Waals surface area contributed by atoms with Crippen LogP contribution in [0.3, 0.4) is 0 Å². The van der Waals surface area contributed by atoms with E-state index in [2.05, 4.69) is 13.0 Å². The van der Waals surface area contributed by atoms with Gasteiger partial charge >= 0.3 is 0 Å². The highest BCUT2D eigenvalue weighted by atomic mass is 16.2. The average molecular weight is 246 g/mol. The van der Waals surface area contributed by atoms with E-state index < -0.39 is 0 Å². The molecule has 0 fully saturated rings. The molecule has 1 atom stereocenters. The van der Waals surface area contributed by atoms with Crippen LogP contribution in [0, 0.1) is 0 Å². The minimum Gasteiger partial charge on any atom is -0.398 e. The van der Waals surface area contributed by atoms with Crippen LogP contribution in [0.1, 0.15) is 37.8 Å². The van der Waals surface area contributed by atoms with Gasteiger partial charge in [-0.05, 0) is 36.5 Å². The van der Waals surface area contributed by atoms with E-state index in [9.17, 15) is 4.79 Å². The second-order valence-corrected chi connectivity index (χ2v) is 4.99. The monoisotopic (exact) mass is 246 g/mol. The molecule has 1 aromatic carbocycles. The number of amides is 1. The molecule has 1 unspecified atom stereocenters. The first-order valence-electron chi connectivity index (χ1n) is 6.83. The first kappa shape index (κ1) is 12.9. The number of fused-ring (bicyclic) bond motifs is 1. The Labute approximate surface area is 109 Å². The molecular formula is C15H22N2O. The molecule has 1 aliphatic rings. The molecule has 1 aliphatic carbocycles. The summed E-state index contributed by atoms with van der Waals surface area (Å²) in [6.07, 6.45) is 3.45. The molecule has 1 aromatic rings. The summed E-state index contributed by atoms with van der Waals surface area (Å²) in [5, 5.41) is 0. The largest absolute Gasteiger partial charge is 0.398 e. The zero-order valence-corrected chi connectivity index (χ0v) is 11.3. The summed E-state index contributed by atoms with van der Waals surface area (Å²) in [4.78, 5) is 14.1. The Hall–Kier alpha value is -1.51. The maximum atomic E-state index is 12.0. The lowest BCUT2D eigenvalue weighted by molar-refractivity contribution is -0.133. The van der Waals surface area contributed by atoms with Crippen molar-refractivity contribution >= 4 is 11.6 Å². The Bertz CT molecular complexity index is 442. The summed E-state index contributed by atoms with van der Waals surface area (Å²) in [7, 11) is 0. The molecule has 2 rings (SSSR count). The fourth-order valence-electron chi connectivity index (χ4n) is 2.83. The zero-order valence-electron chi connectivity index (χ0n) is 11.3. The highest BCUT2D eigenvalue weighted by molar-refractivity contribution is 5.76. The van der Waals surface area contributed by atoms with E-state index in [-0.39, 0.29) is 5.91 Å². The summed E-state index contributed by atoms with van der Waals surface area (Å²) in [6.45, 7) is 4.90. The predicted octanol–water partition coefficient (Wildman–Crippen LogP) is 2.38. The number of rotatable bonds is 4. The van der Waals surface area contributed by atoms with Crippen molar-refractivity contribution in [1.29, 1.82) is 0 Å². The first-order valence-corrected chi connectivity index (χ1v) is 6.83. The molecule has 2 N–H and O–H groups in total. The third-order valence-electron chi connectivity index (χ3n) is 3.73. The zero-order chi connectivity index (χ0) is 13.1. The molecule has 0 bridgehead atoms. The number of benzene rings is 1. The van der Waals surface area contributed by atoms with Gasteiger partial charge in [-0.15, -0.1) is 0 Å². The molecule has 0 radical (unpaired) electrons. The van der Waals surface area contributed by atoms with Crippen molar-refractivity contribution in [2.75, 3.05) is 12.3 Å². The fraction of sp³-hybridized carbons (Fsp3) is 0.533. The summed E-state index contributed by atoms with van der Waals surface area (Å²) in [5.41, 5.74) is 9.44. The molecule has 18 heavy (non-hydrogen) atoms. The van der Waals surface area contributed by atoms with Gasteiger partial charge in [0, 0.05) is 24.7 Å². The lowest BCUT2D eigenvalue weighted by Gasteiger charge is -2.28. The number of carbonyl (C=O) groups is 1. The predicted molar refractivity (Wildman–Crippen MR) is 74.3 cm³/mol. The number of nitrogen functional groups attached to an aromatic ring is 1. The minimum absolute atomic E-state index is 0.258. The summed E-state index contributed by atoms with van der Waals surface area (Å²) >= 11 is 0. The smallest absolute Gasteiger partial charge is 0.222 e. The van der Waals surface area contributed by atoms with Gasteiger partial charge in [-0.2, -0.15) is 0 Å². The topological polar surface area (TPSA) is 46.3 Å². The molecule has 0 saturated carbocycles. The quantitative estimate of drug-likeness (QED) is 0.829. The minimum atomic E-state index is 0.258. The number of hydrogen-bond acceptors (Lipinski definition) is 2. The number of anilines is 1. The molecule has 3 nitrogen and oxygen atoms in total. The summed E-state index contributed by atoms with van der Waals surface area (Å²) in [5.74, 6) is 0.258. The number of carbonyl (C=O) groups excluding carboxylic acids is 1.